The number of carbonyl (C=O) groups is 2. The molecule has 1 aromatic heterocycles. The van der Waals surface area contributed by atoms with Gasteiger partial charge in [0.2, 0.25) is 0 Å². The summed E-state index contributed by atoms with van der Waals surface area (Å²) in [5.74, 6) is -3.17. The van der Waals surface area contributed by atoms with Gasteiger partial charge in [-0.25, -0.2) is 9.78 Å². The maximum absolute atomic E-state index is 11.8. The summed E-state index contributed by atoms with van der Waals surface area (Å²) in [5.41, 5.74) is 0. The molecule has 17 heavy (non-hydrogen) atoms. The van der Waals surface area contributed by atoms with Crippen molar-refractivity contribution in [3.05, 3.63) is 16.1 Å². The molecule has 0 aliphatic rings. The second kappa shape index (κ2) is 5.13. The van der Waals surface area contributed by atoms with Gasteiger partial charge in [0.15, 0.2) is 0 Å². The molecule has 1 heterocycles. The van der Waals surface area contributed by atoms with Crippen LogP contribution in [0.2, 0.25) is 0 Å². The quantitative estimate of drug-likeness (QED) is 0.855. The first-order valence-corrected chi connectivity index (χ1v) is 5.15. The lowest BCUT2D eigenvalue weighted by Gasteiger charge is -2.06. The standard InChI is InChI=1S/C8H7F3N2O3S/c9-8(10,11)7(16)12-2-1-5-13-3-4(17-5)6(14)15/h3H,1-2H2,(H,12,16)(H,14,15). The van der Waals surface area contributed by atoms with E-state index < -0.39 is 18.1 Å². The van der Waals surface area contributed by atoms with Crippen molar-refractivity contribution in [2.45, 2.75) is 12.6 Å². The summed E-state index contributed by atoms with van der Waals surface area (Å²) in [6, 6.07) is 0. The fraction of sp³-hybridized carbons (Fsp3) is 0.375. The maximum atomic E-state index is 11.8. The third kappa shape index (κ3) is 4.02. The van der Waals surface area contributed by atoms with Crippen molar-refractivity contribution in [1.82, 2.24) is 10.3 Å². The van der Waals surface area contributed by atoms with Crippen LogP contribution in [0.4, 0.5) is 13.2 Å². The van der Waals surface area contributed by atoms with Gasteiger partial charge < -0.3 is 10.4 Å². The maximum Gasteiger partial charge on any atom is 0.471 e. The number of nitrogens with one attached hydrogen (secondary N) is 1. The van der Waals surface area contributed by atoms with Crippen molar-refractivity contribution in [1.29, 1.82) is 0 Å². The van der Waals surface area contributed by atoms with Crippen LogP contribution in [0, 0.1) is 0 Å². The van der Waals surface area contributed by atoms with Crippen LogP contribution in [0.15, 0.2) is 6.20 Å². The van der Waals surface area contributed by atoms with Gasteiger partial charge in [-0.1, -0.05) is 0 Å². The second-order valence-electron chi connectivity index (χ2n) is 2.93. The summed E-state index contributed by atoms with van der Waals surface area (Å²) in [6.45, 7) is -0.245. The molecule has 2 N–H and O–H groups in total. The van der Waals surface area contributed by atoms with Crippen LogP contribution >= 0.6 is 11.3 Å². The largest absolute Gasteiger partial charge is 0.477 e. The minimum absolute atomic E-state index is 0.00199. The van der Waals surface area contributed by atoms with E-state index in [0.29, 0.717) is 5.01 Å². The minimum Gasteiger partial charge on any atom is -0.477 e. The number of nitrogens with zero attached hydrogens (tertiary/aromatic N) is 1. The summed E-state index contributed by atoms with van der Waals surface area (Å²) in [4.78, 5) is 24.6. The monoisotopic (exact) mass is 268 g/mol. The molecule has 0 bridgehead atoms. The van der Waals surface area contributed by atoms with E-state index >= 15 is 0 Å². The van der Waals surface area contributed by atoms with E-state index in [-0.39, 0.29) is 17.8 Å². The van der Waals surface area contributed by atoms with Crippen LogP contribution in [-0.4, -0.2) is 34.7 Å². The van der Waals surface area contributed by atoms with Crippen molar-refractivity contribution >= 4 is 23.2 Å². The fourth-order valence-electron chi connectivity index (χ4n) is 0.908. The average Bonchev–Trinajstić information content (AvgIpc) is 2.64. The minimum atomic E-state index is -4.91. The number of aromatic carboxylic acids is 1. The van der Waals surface area contributed by atoms with E-state index in [4.69, 9.17) is 5.11 Å². The van der Waals surface area contributed by atoms with Crippen molar-refractivity contribution in [3.8, 4) is 0 Å². The molecule has 0 aliphatic heterocycles. The molecule has 0 unspecified atom stereocenters. The fourth-order valence-corrected chi connectivity index (χ4v) is 1.66. The topological polar surface area (TPSA) is 79.3 Å². The number of carbonyl (C=O) groups excluding carboxylic acids is 1. The molecule has 0 saturated heterocycles. The highest BCUT2D eigenvalue weighted by Crippen LogP contribution is 2.15. The van der Waals surface area contributed by atoms with Gasteiger partial charge in [0, 0.05) is 13.0 Å². The number of thiazole rings is 1. The lowest BCUT2D eigenvalue weighted by atomic mass is 10.4. The summed E-state index contributed by atoms with van der Waals surface area (Å²) >= 11 is 0.857. The Labute approximate surface area is 97.3 Å². The lowest BCUT2D eigenvalue weighted by Crippen LogP contribution is -2.37. The van der Waals surface area contributed by atoms with E-state index in [9.17, 15) is 22.8 Å². The third-order valence-electron chi connectivity index (χ3n) is 1.65. The zero-order chi connectivity index (χ0) is 13.1. The van der Waals surface area contributed by atoms with Crippen LogP contribution in [-0.2, 0) is 11.2 Å². The number of aromatic nitrogens is 1. The van der Waals surface area contributed by atoms with Crippen molar-refractivity contribution < 1.29 is 27.9 Å². The molecule has 1 rings (SSSR count). The summed E-state index contributed by atoms with van der Waals surface area (Å²) in [6.07, 6.45) is -3.73. The van der Waals surface area contributed by atoms with E-state index in [0.717, 1.165) is 17.5 Å². The first kappa shape index (κ1) is 13.4. The number of hydrogen-bond donors (Lipinski definition) is 2. The normalized spacial score (nSPS) is 11.2. The van der Waals surface area contributed by atoms with Gasteiger partial charge >= 0.3 is 18.1 Å². The Morgan fingerprint density at radius 1 is 1.47 bits per heavy atom. The third-order valence-corrected chi connectivity index (χ3v) is 2.69. The number of carboxylic acid groups (broad SMARTS) is 1. The van der Waals surface area contributed by atoms with Gasteiger partial charge in [0.05, 0.1) is 11.2 Å². The molecule has 1 amide bonds. The second-order valence-corrected chi connectivity index (χ2v) is 4.04. The van der Waals surface area contributed by atoms with Crippen LogP contribution < -0.4 is 5.32 Å². The number of rotatable bonds is 4. The highest BCUT2D eigenvalue weighted by molar-refractivity contribution is 7.13. The number of alkyl halides is 3. The first-order chi connectivity index (χ1) is 7.80. The van der Waals surface area contributed by atoms with Crippen LogP contribution in [0.25, 0.3) is 0 Å². The van der Waals surface area contributed by atoms with Crippen LogP contribution in [0.5, 0.6) is 0 Å². The predicted octanol–water partition coefficient (Wildman–Crippen LogP) is 1.06. The van der Waals surface area contributed by atoms with Crippen molar-refractivity contribution in [2.24, 2.45) is 0 Å². The molecule has 9 heteroatoms. The highest BCUT2D eigenvalue weighted by atomic mass is 32.1. The van der Waals surface area contributed by atoms with Crippen molar-refractivity contribution in [2.75, 3.05) is 6.54 Å². The van der Waals surface area contributed by atoms with Crippen LogP contribution in [0.3, 0.4) is 0 Å². The zero-order valence-electron chi connectivity index (χ0n) is 8.24. The van der Waals surface area contributed by atoms with Crippen LogP contribution in [0.1, 0.15) is 14.7 Å². The number of halogens is 3. The molecule has 0 radical (unpaired) electrons. The molecule has 94 valence electrons. The molecule has 5 nitrogen and oxygen atoms in total. The average molecular weight is 268 g/mol. The Morgan fingerprint density at radius 2 is 2.12 bits per heavy atom. The molecule has 0 saturated carbocycles. The van der Waals surface area contributed by atoms with Gasteiger partial charge in [0.25, 0.3) is 0 Å². The zero-order valence-corrected chi connectivity index (χ0v) is 9.06. The van der Waals surface area contributed by atoms with E-state index in [1.165, 1.54) is 0 Å². The van der Waals surface area contributed by atoms with Gasteiger partial charge in [-0.3, -0.25) is 4.79 Å². The summed E-state index contributed by atoms with van der Waals surface area (Å²) in [5, 5.41) is 10.6. The van der Waals surface area contributed by atoms with E-state index in [1.807, 2.05) is 0 Å². The van der Waals surface area contributed by atoms with Gasteiger partial charge in [-0.2, -0.15) is 13.2 Å². The first-order valence-electron chi connectivity index (χ1n) is 4.33. The Balaban J connectivity index is 2.41. The Bertz CT molecular complexity index is 430. The molecule has 0 aliphatic carbocycles. The smallest absolute Gasteiger partial charge is 0.471 e. The molecule has 0 fully saturated rings. The number of amides is 1. The van der Waals surface area contributed by atoms with E-state index in [2.05, 4.69) is 4.98 Å². The molecule has 0 atom stereocenters. The SMILES string of the molecule is O=C(O)c1cnc(CCNC(=O)C(F)(F)F)s1. The van der Waals surface area contributed by atoms with Crippen molar-refractivity contribution in [3.63, 3.8) is 0 Å². The summed E-state index contributed by atoms with van der Waals surface area (Å²) in [7, 11) is 0. The Kier molecular flexibility index (Phi) is 4.05. The predicted molar refractivity (Wildman–Crippen MR) is 51.8 cm³/mol. The molecular formula is C8H7F3N2O3S. The Morgan fingerprint density at radius 3 is 2.59 bits per heavy atom. The summed E-state index contributed by atoms with van der Waals surface area (Å²) < 4.78 is 35.3. The molecular weight excluding hydrogens is 261 g/mol. The molecule has 0 aromatic carbocycles. The van der Waals surface area contributed by atoms with Gasteiger partial charge in [-0.05, 0) is 0 Å². The van der Waals surface area contributed by atoms with E-state index in [1.54, 1.807) is 5.32 Å². The number of carboxylic acids is 1. The molecule has 0 spiro atoms. The van der Waals surface area contributed by atoms with Gasteiger partial charge in [0.1, 0.15) is 4.88 Å². The molecule has 1 aromatic rings. The van der Waals surface area contributed by atoms with Gasteiger partial charge in [-0.15, -0.1) is 11.3 Å². The highest BCUT2D eigenvalue weighted by Gasteiger charge is 2.38. The number of hydrogen-bond acceptors (Lipinski definition) is 4. The Hall–Kier alpha value is -1.64. The lowest BCUT2D eigenvalue weighted by molar-refractivity contribution is -0.173.